The molecule has 0 amide bonds. The van der Waals surface area contributed by atoms with Crippen LogP contribution in [0.1, 0.15) is 5.76 Å². The summed E-state index contributed by atoms with van der Waals surface area (Å²) in [5, 5.41) is 4.09. The average Bonchev–Trinajstić information content (AvgIpc) is 3.33. The molecule has 0 saturated heterocycles. The van der Waals surface area contributed by atoms with Crippen LogP contribution in [0.5, 0.6) is 0 Å². The van der Waals surface area contributed by atoms with Gasteiger partial charge in [0.15, 0.2) is 4.80 Å². The molecule has 0 unspecified atom stereocenters. The van der Waals surface area contributed by atoms with Crippen molar-refractivity contribution >= 4 is 28.4 Å². The Bertz CT molecular complexity index is 998. The fraction of sp³-hybridized carbons (Fsp3) is 0.0556. The number of nitrogens with zero attached hydrogens (tertiary/aromatic N) is 2. The molecule has 0 bridgehead atoms. The van der Waals surface area contributed by atoms with Crippen molar-refractivity contribution < 1.29 is 8.81 Å². The van der Waals surface area contributed by atoms with Gasteiger partial charge in [-0.3, -0.25) is 0 Å². The third-order valence-corrected chi connectivity index (χ3v) is 5.29. The molecule has 3 nitrogen and oxygen atoms in total. The molecule has 4 aromatic rings. The lowest BCUT2D eigenvalue weighted by atomic mass is 10.3. The van der Waals surface area contributed by atoms with Gasteiger partial charge in [0.25, 0.3) is 0 Å². The maximum Gasteiger partial charge on any atom is 0.190 e. The molecular formula is C18H13FN2OS2. The topological polar surface area (TPSA) is 30.4 Å². The quantitative estimate of drug-likeness (QED) is 0.489. The van der Waals surface area contributed by atoms with Crippen LogP contribution in [0.2, 0.25) is 0 Å². The summed E-state index contributed by atoms with van der Waals surface area (Å²) >= 11 is 3.16. The molecule has 1 aromatic carbocycles. The lowest BCUT2D eigenvalue weighted by Crippen LogP contribution is -2.16. The SMILES string of the molecule is Fc1ccccc1N=c1scc(-c2cccs2)n1Cc1ccco1. The number of para-hydroxylation sites is 1. The molecule has 0 aliphatic carbocycles. The van der Waals surface area contributed by atoms with Crippen LogP contribution in [0.15, 0.2) is 75.0 Å². The van der Waals surface area contributed by atoms with Crippen LogP contribution >= 0.6 is 22.7 Å². The van der Waals surface area contributed by atoms with Crippen molar-refractivity contribution in [2.75, 3.05) is 0 Å². The van der Waals surface area contributed by atoms with Gasteiger partial charge in [-0.1, -0.05) is 18.2 Å². The molecule has 0 spiro atoms. The number of benzene rings is 1. The van der Waals surface area contributed by atoms with E-state index in [0.717, 1.165) is 21.1 Å². The van der Waals surface area contributed by atoms with Crippen molar-refractivity contribution in [2.24, 2.45) is 4.99 Å². The predicted molar refractivity (Wildman–Crippen MR) is 95.1 cm³/mol. The van der Waals surface area contributed by atoms with E-state index in [2.05, 4.69) is 21.0 Å². The zero-order valence-corrected chi connectivity index (χ0v) is 14.2. The highest BCUT2D eigenvalue weighted by atomic mass is 32.1. The molecule has 0 atom stereocenters. The van der Waals surface area contributed by atoms with Gasteiger partial charge in [0.1, 0.15) is 17.3 Å². The van der Waals surface area contributed by atoms with Crippen molar-refractivity contribution in [1.82, 2.24) is 4.57 Å². The molecule has 0 radical (unpaired) electrons. The molecule has 4 rings (SSSR count). The van der Waals surface area contributed by atoms with Gasteiger partial charge in [-0.05, 0) is 35.7 Å². The van der Waals surface area contributed by atoms with Gasteiger partial charge in [0, 0.05) is 5.38 Å². The minimum absolute atomic E-state index is 0.326. The van der Waals surface area contributed by atoms with E-state index >= 15 is 0 Å². The summed E-state index contributed by atoms with van der Waals surface area (Å²) in [6, 6.07) is 14.4. The van der Waals surface area contributed by atoms with E-state index in [1.54, 1.807) is 35.8 Å². The number of hydrogen-bond donors (Lipinski definition) is 0. The zero-order valence-electron chi connectivity index (χ0n) is 12.6. The highest BCUT2D eigenvalue weighted by molar-refractivity contribution is 7.14. The van der Waals surface area contributed by atoms with Gasteiger partial charge in [0.05, 0.1) is 23.4 Å². The first-order chi connectivity index (χ1) is 11.8. The number of halogens is 1. The van der Waals surface area contributed by atoms with Crippen LogP contribution in [0, 0.1) is 5.82 Å². The van der Waals surface area contributed by atoms with Crippen LogP contribution in [-0.4, -0.2) is 4.57 Å². The summed E-state index contributed by atoms with van der Waals surface area (Å²) in [5.41, 5.74) is 1.40. The van der Waals surface area contributed by atoms with Crippen molar-refractivity contribution in [1.29, 1.82) is 0 Å². The molecule has 0 aliphatic heterocycles. The highest BCUT2D eigenvalue weighted by Crippen LogP contribution is 2.26. The molecule has 0 fully saturated rings. The van der Waals surface area contributed by atoms with Crippen molar-refractivity contribution in [2.45, 2.75) is 6.54 Å². The van der Waals surface area contributed by atoms with Crippen LogP contribution in [0.25, 0.3) is 10.6 Å². The third-order valence-electron chi connectivity index (χ3n) is 3.53. The molecule has 24 heavy (non-hydrogen) atoms. The fourth-order valence-electron chi connectivity index (χ4n) is 2.40. The maximum absolute atomic E-state index is 13.9. The Morgan fingerprint density at radius 1 is 1.04 bits per heavy atom. The molecule has 3 aromatic heterocycles. The number of hydrogen-bond acceptors (Lipinski definition) is 4. The Morgan fingerprint density at radius 3 is 2.71 bits per heavy atom. The number of thiazole rings is 1. The standard InChI is InChI=1S/C18H13FN2OS2/c19-14-6-1-2-7-15(14)20-18-21(11-13-5-3-9-22-13)16(12-24-18)17-8-4-10-23-17/h1-10,12H,11H2. The molecule has 0 aliphatic rings. The van der Waals surface area contributed by atoms with Crippen molar-refractivity contribution in [3.05, 3.63) is 81.9 Å². The number of aromatic nitrogens is 1. The molecule has 0 saturated carbocycles. The summed E-state index contributed by atoms with van der Waals surface area (Å²) < 4.78 is 21.5. The first-order valence-corrected chi connectivity index (χ1v) is 9.11. The van der Waals surface area contributed by atoms with Gasteiger partial charge < -0.3 is 8.98 Å². The Morgan fingerprint density at radius 2 is 1.96 bits per heavy atom. The number of rotatable bonds is 4. The van der Waals surface area contributed by atoms with Crippen LogP contribution in [0.3, 0.4) is 0 Å². The summed E-state index contributed by atoms with van der Waals surface area (Å²) in [4.78, 5) is 6.40. The van der Waals surface area contributed by atoms with Gasteiger partial charge in [-0.2, -0.15) is 0 Å². The van der Waals surface area contributed by atoms with E-state index < -0.39 is 0 Å². The normalized spacial score (nSPS) is 12.0. The summed E-state index contributed by atoms with van der Waals surface area (Å²) in [6.45, 7) is 0.553. The Labute approximate surface area is 146 Å². The van der Waals surface area contributed by atoms with E-state index in [-0.39, 0.29) is 5.82 Å². The second kappa shape index (κ2) is 6.59. The van der Waals surface area contributed by atoms with Crippen LogP contribution in [0.4, 0.5) is 10.1 Å². The predicted octanol–water partition coefficient (Wildman–Crippen LogP) is 5.29. The average molecular weight is 356 g/mol. The van der Waals surface area contributed by atoms with E-state index in [4.69, 9.17) is 4.42 Å². The van der Waals surface area contributed by atoms with E-state index in [1.165, 1.54) is 17.4 Å². The minimum Gasteiger partial charge on any atom is -0.467 e. The number of furan rings is 1. The van der Waals surface area contributed by atoms with Gasteiger partial charge in [0.2, 0.25) is 0 Å². The Hall–Kier alpha value is -2.44. The summed E-state index contributed by atoms with van der Waals surface area (Å²) in [7, 11) is 0. The first kappa shape index (κ1) is 15.1. The van der Waals surface area contributed by atoms with Crippen molar-refractivity contribution in [3.8, 4) is 10.6 Å². The maximum atomic E-state index is 13.9. The molecule has 0 N–H and O–H groups in total. The van der Waals surface area contributed by atoms with E-state index in [9.17, 15) is 4.39 Å². The zero-order chi connectivity index (χ0) is 16.4. The fourth-order valence-corrected chi connectivity index (χ4v) is 4.14. The summed E-state index contributed by atoms with van der Waals surface area (Å²) in [5.74, 6) is 0.509. The monoisotopic (exact) mass is 356 g/mol. The number of thiophene rings is 1. The van der Waals surface area contributed by atoms with Crippen LogP contribution in [-0.2, 0) is 6.54 Å². The summed E-state index contributed by atoms with van der Waals surface area (Å²) in [6.07, 6.45) is 1.65. The minimum atomic E-state index is -0.326. The van der Waals surface area contributed by atoms with Gasteiger partial charge in [-0.15, -0.1) is 22.7 Å². The Balaban J connectivity index is 1.86. The largest absolute Gasteiger partial charge is 0.467 e. The van der Waals surface area contributed by atoms with Crippen molar-refractivity contribution in [3.63, 3.8) is 0 Å². The molecule has 6 heteroatoms. The Kier molecular flexibility index (Phi) is 4.15. The third kappa shape index (κ3) is 2.98. The second-order valence-electron chi connectivity index (χ2n) is 5.11. The van der Waals surface area contributed by atoms with Gasteiger partial charge in [-0.25, -0.2) is 9.38 Å². The smallest absolute Gasteiger partial charge is 0.190 e. The molecular weight excluding hydrogens is 343 g/mol. The lowest BCUT2D eigenvalue weighted by Gasteiger charge is -2.06. The van der Waals surface area contributed by atoms with E-state index in [1.807, 2.05) is 23.6 Å². The molecule has 120 valence electrons. The highest BCUT2D eigenvalue weighted by Gasteiger charge is 2.11. The first-order valence-electron chi connectivity index (χ1n) is 7.35. The van der Waals surface area contributed by atoms with Crippen LogP contribution < -0.4 is 4.80 Å². The second-order valence-corrected chi connectivity index (χ2v) is 6.89. The van der Waals surface area contributed by atoms with Gasteiger partial charge >= 0.3 is 0 Å². The molecule has 3 heterocycles. The lowest BCUT2D eigenvalue weighted by molar-refractivity contribution is 0.492. The van der Waals surface area contributed by atoms with E-state index in [0.29, 0.717) is 12.2 Å².